The summed E-state index contributed by atoms with van der Waals surface area (Å²) in [7, 11) is 0. The van der Waals surface area contributed by atoms with Gasteiger partial charge in [0.1, 0.15) is 5.69 Å². The largest absolute Gasteiger partial charge is 0.332 e. The third-order valence-corrected chi connectivity index (χ3v) is 3.81. The molecule has 0 amide bonds. The highest BCUT2D eigenvalue weighted by Crippen LogP contribution is 2.27. The molecule has 118 valence electrons. The average Bonchev–Trinajstić information content (AvgIpc) is 3.25. The number of H-pyrrole nitrogens is 1. The zero-order chi connectivity index (χ0) is 16.5. The Bertz CT molecular complexity index is 988. The van der Waals surface area contributed by atoms with Gasteiger partial charge in [0.15, 0.2) is 0 Å². The van der Waals surface area contributed by atoms with E-state index in [4.69, 9.17) is 4.52 Å². The van der Waals surface area contributed by atoms with Crippen molar-refractivity contribution in [3.63, 3.8) is 0 Å². The lowest BCUT2D eigenvalue weighted by molar-refractivity contribution is 0.431. The second kappa shape index (κ2) is 5.73. The number of aromatic nitrogens is 5. The second-order valence-corrected chi connectivity index (χ2v) is 5.65. The van der Waals surface area contributed by atoms with E-state index < -0.39 is 0 Å². The lowest BCUT2D eigenvalue weighted by atomic mass is 10.0. The average molecular weight is 317 g/mol. The molecule has 0 spiro atoms. The minimum Gasteiger partial charge on any atom is -0.332 e. The third-order valence-electron chi connectivity index (χ3n) is 3.81. The Morgan fingerprint density at radius 1 is 1.08 bits per heavy atom. The van der Waals surface area contributed by atoms with Crippen LogP contribution in [-0.4, -0.2) is 25.3 Å². The fourth-order valence-corrected chi connectivity index (χ4v) is 2.62. The number of nitrogens with zero attached hydrogens (tertiary/aromatic N) is 4. The molecule has 0 atom stereocenters. The molecule has 6 heteroatoms. The number of hydrogen-bond donors (Lipinski definition) is 1. The topological polar surface area (TPSA) is 80.5 Å². The maximum absolute atomic E-state index is 5.34. The molecular weight excluding hydrogens is 302 g/mol. The zero-order valence-corrected chi connectivity index (χ0v) is 13.3. The summed E-state index contributed by atoms with van der Waals surface area (Å²) in [5.74, 6) is 0.901. The van der Waals surface area contributed by atoms with Crippen LogP contribution in [0.3, 0.4) is 0 Å². The van der Waals surface area contributed by atoms with Crippen LogP contribution in [0.2, 0.25) is 0 Å². The minimum atomic E-state index is 0.400. The van der Waals surface area contributed by atoms with Crippen LogP contribution in [0.1, 0.15) is 11.1 Å². The molecule has 3 aromatic heterocycles. The molecule has 0 saturated heterocycles. The Labute approximate surface area is 138 Å². The van der Waals surface area contributed by atoms with Gasteiger partial charge in [0.05, 0.1) is 5.69 Å². The van der Waals surface area contributed by atoms with Gasteiger partial charge in [0, 0.05) is 23.5 Å². The van der Waals surface area contributed by atoms with Crippen LogP contribution in [-0.2, 0) is 0 Å². The van der Waals surface area contributed by atoms with Gasteiger partial charge in [0.2, 0.25) is 5.82 Å². The van der Waals surface area contributed by atoms with Crippen LogP contribution in [0.25, 0.3) is 34.2 Å². The van der Waals surface area contributed by atoms with Crippen molar-refractivity contribution in [2.75, 3.05) is 0 Å². The van der Waals surface area contributed by atoms with Gasteiger partial charge in [-0.2, -0.15) is 10.1 Å². The second-order valence-electron chi connectivity index (χ2n) is 5.65. The van der Waals surface area contributed by atoms with Crippen LogP contribution in [0.15, 0.2) is 53.3 Å². The van der Waals surface area contributed by atoms with E-state index in [1.54, 1.807) is 12.4 Å². The van der Waals surface area contributed by atoms with Gasteiger partial charge in [-0.1, -0.05) is 28.9 Å². The van der Waals surface area contributed by atoms with Gasteiger partial charge in [-0.15, -0.1) is 0 Å². The van der Waals surface area contributed by atoms with Crippen molar-refractivity contribution < 1.29 is 4.52 Å². The molecule has 6 nitrogen and oxygen atoms in total. The van der Waals surface area contributed by atoms with Crippen molar-refractivity contribution in [2.45, 2.75) is 13.8 Å². The van der Waals surface area contributed by atoms with Crippen LogP contribution in [0.4, 0.5) is 0 Å². The molecule has 1 N–H and O–H groups in total. The highest BCUT2D eigenvalue weighted by atomic mass is 16.5. The molecular formula is C18H15N5O. The molecule has 0 fully saturated rings. The first-order valence-corrected chi connectivity index (χ1v) is 7.58. The summed E-state index contributed by atoms with van der Waals surface area (Å²) in [4.78, 5) is 8.47. The standard InChI is InChI=1S/C18H15N5O/c1-11-5-6-14(12(2)8-11)15-9-16(22-21-15)18-20-17(23-24-18)13-4-3-7-19-10-13/h3-10H,1-2H3,(H,21,22). The lowest BCUT2D eigenvalue weighted by Gasteiger charge is -2.02. The monoisotopic (exact) mass is 317 g/mol. The van der Waals surface area contributed by atoms with Crippen LogP contribution >= 0.6 is 0 Å². The van der Waals surface area contributed by atoms with Crippen molar-refractivity contribution >= 4 is 0 Å². The molecule has 0 aliphatic heterocycles. The van der Waals surface area contributed by atoms with E-state index in [1.807, 2.05) is 18.2 Å². The highest BCUT2D eigenvalue weighted by molar-refractivity contribution is 5.68. The van der Waals surface area contributed by atoms with Crippen molar-refractivity contribution in [3.8, 4) is 34.2 Å². The van der Waals surface area contributed by atoms with Crippen molar-refractivity contribution in [3.05, 3.63) is 59.9 Å². The molecule has 0 aliphatic carbocycles. The number of aryl methyl sites for hydroxylation is 2. The van der Waals surface area contributed by atoms with Crippen LogP contribution < -0.4 is 0 Å². The molecule has 0 radical (unpaired) electrons. The molecule has 0 saturated carbocycles. The predicted octanol–water partition coefficient (Wildman–Crippen LogP) is 3.81. The van der Waals surface area contributed by atoms with Crippen LogP contribution in [0, 0.1) is 13.8 Å². The molecule has 24 heavy (non-hydrogen) atoms. The Morgan fingerprint density at radius 2 is 2.00 bits per heavy atom. The van der Waals surface area contributed by atoms with E-state index in [0.29, 0.717) is 17.4 Å². The predicted molar refractivity (Wildman–Crippen MR) is 90.0 cm³/mol. The summed E-state index contributed by atoms with van der Waals surface area (Å²) in [6.45, 7) is 4.15. The number of benzene rings is 1. The Morgan fingerprint density at radius 3 is 2.79 bits per heavy atom. The summed E-state index contributed by atoms with van der Waals surface area (Å²) >= 11 is 0. The van der Waals surface area contributed by atoms with Crippen molar-refractivity contribution in [1.29, 1.82) is 0 Å². The summed E-state index contributed by atoms with van der Waals surface area (Å²) in [5, 5.41) is 11.3. The number of rotatable bonds is 3. The molecule has 4 rings (SSSR count). The molecule has 4 aromatic rings. The fourth-order valence-electron chi connectivity index (χ4n) is 2.62. The summed E-state index contributed by atoms with van der Waals surface area (Å²) < 4.78 is 5.34. The van der Waals surface area contributed by atoms with E-state index in [9.17, 15) is 0 Å². The lowest BCUT2D eigenvalue weighted by Crippen LogP contribution is -1.84. The molecule has 0 unspecified atom stereocenters. The maximum atomic E-state index is 5.34. The highest BCUT2D eigenvalue weighted by Gasteiger charge is 2.14. The van der Waals surface area contributed by atoms with Gasteiger partial charge in [-0.25, -0.2) is 0 Å². The first-order valence-electron chi connectivity index (χ1n) is 7.58. The maximum Gasteiger partial charge on any atom is 0.276 e. The molecule has 1 aromatic carbocycles. The van der Waals surface area contributed by atoms with Crippen molar-refractivity contribution in [1.82, 2.24) is 25.3 Å². The van der Waals surface area contributed by atoms with Gasteiger partial charge in [0.25, 0.3) is 5.89 Å². The van der Waals surface area contributed by atoms with E-state index >= 15 is 0 Å². The molecule has 0 bridgehead atoms. The fraction of sp³-hybridized carbons (Fsp3) is 0.111. The summed E-state index contributed by atoms with van der Waals surface area (Å²) in [6, 6.07) is 11.9. The smallest absolute Gasteiger partial charge is 0.276 e. The summed E-state index contributed by atoms with van der Waals surface area (Å²) in [5.41, 5.74) is 5.83. The quantitative estimate of drug-likeness (QED) is 0.621. The van der Waals surface area contributed by atoms with Gasteiger partial charge in [-0.05, 0) is 37.6 Å². The van der Waals surface area contributed by atoms with E-state index in [2.05, 4.69) is 57.4 Å². The first-order chi connectivity index (χ1) is 11.7. The third kappa shape index (κ3) is 2.58. The number of nitrogens with one attached hydrogen (secondary N) is 1. The summed E-state index contributed by atoms with van der Waals surface area (Å²) in [6.07, 6.45) is 3.40. The zero-order valence-electron chi connectivity index (χ0n) is 13.3. The Kier molecular flexibility index (Phi) is 3.42. The SMILES string of the molecule is Cc1ccc(-c2cc(-c3nc(-c4cccnc4)no3)[nH]n2)c(C)c1. The van der Waals surface area contributed by atoms with Crippen molar-refractivity contribution in [2.24, 2.45) is 0 Å². The van der Waals surface area contributed by atoms with E-state index in [0.717, 1.165) is 16.8 Å². The molecule has 3 heterocycles. The number of aromatic amines is 1. The van der Waals surface area contributed by atoms with E-state index in [-0.39, 0.29) is 0 Å². The minimum absolute atomic E-state index is 0.400. The normalized spacial score (nSPS) is 10.9. The van der Waals surface area contributed by atoms with Gasteiger partial charge in [-0.3, -0.25) is 10.1 Å². The first kappa shape index (κ1) is 14.3. The van der Waals surface area contributed by atoms with Crippen LogP contribution in [0.5, 0.6) is 0 Å². The Balaban J connectivity index is 1.67. The Hall–Kier alpha value is -3.28. The van der Waals surface area contributed by atoms with E-state index in [1.165, 1.54) is 11.1 Å². The van der Waals surface area contributed by atoms with Gasteiger partial charge < -0.3 is 4.52 Å². The number of hydrogen-bond acceptors (Lipinski definition) is 5. The van der Waals surface area contributed by atoms with Gasteiger partial charge >= 0.3 is 0 Å². The number of pyridine rings is 1. The molecule has 0 aliphatic rings.